The molecule has 0 bridgehead atoms. The van der Waals surface area contributed by atoms with Gasteiger partial charge in [0.1, 0.15) is 11.9 Å². The molecular weight excluding hydrogens is 447 g/mol. The zero-order valence-corrected chi connectivity index (χ0v) is 18.7. The monoisotopic (exact) mass is 474 g/mol. The minimum atomic E-state index is -3.41. The van der Waals surface area contributed by atoms with Gasteiger partial charge in [0.25, 0.3) is 0 Å². The average Bonchev–Trinajstić information content (AvgIpc) is 3.50. The predicted molar refractivity (Wildman–Crippen MR) is 115 cm³/mol. The molecule has 172 valence electrons. The van der Waals surface area contributed by atoms with Gasteiger partial charge < -0.3 is 16.0 Å². The Bertz CT molecular complexity index is 926. The molecule has 1 aliphatic carbocycles. The van der Waals surface area contributed by atoms with Crippen molar-refractivity contribution in [3.05, 3.63) is 35.6 Å². The quantitative estimate of drug-likeness (QED) is 0.653. The van der Waals surface area contributed by atoms with Gasteiger partial charge in [0.05, 0.1) is 11.3 Å². The molecule has 3 N–H and O–H groups in total. The maximum atomic E-state index is 13.0. The van der Waals surface area contributed by atoms with Crippen LogP contribution in [0.3, 0.4) is 0 Å². The van der Waals surface area contributed by atoms with E-state index < -0.39 is 22.1 Å². The van der Waals surface area contributed by atoms with E-state index in [0.29, 0.717) is 38.6 Å². The zero-order valence-electron chi connectivity index (χ0n) is 17.1. The van der Waals surface area contributed by atoms with E-state index in [2.05, 4.69) is 5.32 Å². The standard InChI is InChI=1S/C20H27FN4O4S.ClH/c21-14-3-1-13(2-4-14)11-23-19(26)18-8-5-15-9-10-24(30(28,29)16-6-7-16)12-17(22)20(27)25(15)18;/h1-4,15-18H,5-12,22H2,(H,23,26);1H/t15-,17+,18+;/m1./s1. The molecule has 4 rings (SSSR count). The van der Waals surface area contributed by atoms with E-state index in [4.69, 9.17) is 5.73 Å². The van der Waals surface area contributed by atoms with Crippen LogP contribution in [0.5, 0.6) is 0 Å². The van der Waals surface area contributed by atoms with E-state index >= 15 is 0 Å². The van der Waals surface area contributed by atoms with Crippen LogP contribution in [0.15, 0.2) is 24.3 Å². The SMILES string of the molecule is Cl.N[C@H]1CN(S(=O)(=O)C2CC2)CC[C@H]2CC[C@@H](C(=O)NCc3ccc(F)cc3)N2C1=O. The lowest BCUT2D eigenvalue weighted by atomic mass is 10.1. The molecule has 0 unspecified atom stereocenters. The summed E-state index contributed by atoms with van der Waals surface area (Å²) in [4.78, 5) is 27.4. The summed E-state index contributed by atoms with van der Waals surface area (Å²) in [6, 6.07) is 4.03. The first-order valence-electron chi connectivity index (χ1n) is 10.4. The molecule has 3 fully saturated rings. The highest BCUT2D eigenvalue weighted by Gasteiger charge is 2.47. The largest absolute Gasteiger partial charge is 0.350 e. The minimum absolute atomic E-state index is 0. The van der Waals surface area contributed by atoms with E-state index in [-0.39, 0.29) is 54.4 Å². The van der Waals surface area contributed by atoms with Crippen LogP contribution < -0.4 is 11.1 Å². The molecule has 1 aromatic rings. The van der Waals surface area contributed by atoms with Gasteiger partial charge in [-0.2, -0.15) is 4.31 Å². The molecular formula is C20H28ClFN4O4S. The van der Waals surface area contributed by atoms with Crippen molar-refractivity contribution in [2.75, 3.05) is 13.1 Å². The lowest BCUT2D eigenvalue weighted by Crippen LogP contribution is -2.59. The van der Waals surface area contributed by atoms with Gasteiger partial charge in [0.2, 0.25) is 21.8 Å². The highest BCUT2D eigenvalue weighted by Crippen LogP contribution is 2.34. The third-order valence-electron chi connectivity index (χ3n) is 6.17. The zero-order chi connectivity index (χ0) is 21.5. The summed E-state index contributed by atoms with van der Waals surface area (Å²) < 4.78 is 39.7. The second-order valence-electron chi connectivity index (χ2n) is 8.33. The number of nitrogens with one attached hydrogen (secondary N) is 1. The van der Waals surface area contributed by atoms with Crippen molar-refractivity contribution < 1.29 is 22.4 Å². The van der Waals surface area contributed by atoms with Crippen LogP contribution in [-0.2, 0) is 26.2 Å². The molecule has 1 aromatic carbocycles. The fourth-order valence-corrected chi connectivity index (χ4v) is 6.23. The highest BCUT2D eigenvalue weighted by molar-refractivity contribution is 7.90. The molecule has 3 atom stereocenters. The van der Waals surface area contributed by atoms with Gasteiger partial charge >= 0.3 is 0 Å². The topological polar surface area (TPSA) is 113 Å². The molecule has 31 heavy (non-hydrogen) atoms. The molecule has 3 aliphatic rings. The van der Waals surface area contributed by atoms with Crippen LogP contribution in [0.2, 0.25) is 0 Å². The smallest absolute Gasteiger partial charge is 0.243 e. The van der Waals surface area contributed by atoms with Crippen LogP contribution in [0, 0.1) is 5.82 Å². The Morgan fingerprint density at radius 3 is 2.45 bits per heavy atom. The van der Waals surface area contributed by atoms with Crippen molar-refractivity contribution in [3.63, 3.8) is 0 Å². The van der Waals surface area contributed by atoms with E-state index in [0.717, 1.165) is 5.56 Å². The van der Waals surface area contributed by atoms with Crippen LogP contribution in [-0.4, -0.2) is 65.9 Å². The third kappa shape index (κ3) is 5.02. The fraction of sp³-hybridized carbons (Fsp3) is 0.600. The number of rotatable bonds is 5. The van der Waals surface area contributed by atoms with Gasteiger partial charge in [-0.25, -0.2) is 12.8 Å². The maximum Gasteiger partial charge on any atom is 0.243 e. The second kappa shape index (κ2) is 9.40. The number of carbonyl (C=O) groups excluding carboxylic acids is 2. The van der Waals surface area contributed by atoms with Gasteiger partial charge in [0.15, 0.2) is 0 Å². The molecule has 2 heterocycles. The van der Waals surface area contributed by atoms with Crippen molar-refractivity contribution in [2.24, 2.45) is 5.73 Å². The molecule has 0 aromatic heterocycles. The number of amides is 2. The summed E-state index contributed by atoms with van der Waals surface area (Å²) in [7, 11) is -3.41. The number of sulfonamides is 1. The molecule has 0 radical (unpaired) electrons. The number of nitrogens with two attached hydrogens (primary N) is 1. The second-order valence-corrected chi connectivity index (χ2v) is 10.5. The number of carbonyl (C=O) groups is 2. The predicted octanol–water partition coefficient (Wildman–Crippen LogP) is 0.749. The normalized spacial score (nSPS) is 27.1. The maximum absolute atomic E-state index is 13.0. The van der Waals surface area contributed by atoms with E-state index in [1.807, 2.05) is 0 Å². The number of halogens is 2. The van der Waals surface area contributed by atoms with Crippen molar-refractivity contribution in [1.82, 2.24) is 14.5 Å². The summed E-state index contributed by atoms with van der Waals surface area (Å²) in [5.74, 6) is -0.998. The first-order chi connectivity index (χ1) is 14.3. The fourth-order valence-electron chi connectivity index (χ4n) is 4.35. The van der Waals surface area contributed by atoms with Gasteiger partial charge in [-0.15, -0.1) is 12.4 Å². The van der Waals surface area contributed by atoms with Crippen molar-refractivity contribution in [2.45, 2.75) is 62.0 Å². The summed E-state index contributed by atoms with van der Waals surface area (Å²) in [5.41, 5.74) is 6.85. The van der Waals surface area contributed by atoms with Crippen molar-refractivity contribution in [1.29, 1.82) is 0 Å². The summed E-state index contributed by atoms with van der Waals surface area (Å²) >= 11 is 0. The van der Waals surface area contributed by atoms with Gasteiger partial charge in [0, 0.05) is 25.7 Å². The number of fused-ring (bicyclic) bond motifs is 1. The van der Waals surface area contributed by atoms with Gasteiger partial charge in [-0.1, -0.05) is 12.1 Å². The lowest BCUT2D eigenvalue weighted by Gasteiger charge is -2.37. The molecule has 2 saturated heterocycles. The Morgan fingerprint density at radius 1 is 1.13 bits per heavy atom. The van der Waals surface area contributed by atoms with E-state index in [1.54, 1.807) is 17.0 Å². The Labute approximate surface area is 187 Å². The average molecular weight is 475 g/mol. The summed E-state index contributed by atoms with van der Waals surface area (Å²) in [6.07, 6.45) is 2.95. The van der Waals surface area contributed by atoms with Crippen LogP contribution in [0.1, 0.15) is 37.7 Å². The van der Waals surface area contributed by atoms with Crippen LogP contribution in [0.25, 0.3) is 0 Å². The number of nitrogens with zero attached hydrogens (tertiary/aromatic N) is 2. The lowest BCUT2D eigenvalue weighted by molar-refractivity contribution is -0.142. The number of benzene rings is 1. The molecule has 11 heteroatoms. The van der Waals surface area contributed by atoms with E-state index in [9.17, 15) is 22.4 Å². The number of hydrogen-bond acceptors (Lipinski definition) is 5. The molecule has 2 amide bonds. The highest BCUT2D eigenvalue weighted by atomic mass is 35.5. The Kier molecular flexibility index (Phi) is 7.25. The third-order valence-corrected chi connectivity index (χ3v) is 8.54. The Hall–Kier alpha value is -1.75. The van der Waals surface area contributed by atoms with E-state index in [1.165, 1.54) is 16.4 Å². The molecule has 8 nitrogen and oxygen atoms in total. The Balaban J connectivity index is 0.00000272. The summed E-state index contributed by atoms with van der Waals surface area (Å²) in [6.45, 7) is 0.497. The minimum Gasteiger partial charge on any atom is -0.350 e. The first-order valence-corrected chi connectivity index (χ1v) is 11.9. The molecule has 1 saturated carbocycles. The van der Waals surface area contributed by atoms with Gasteiger partial charge in [-0.05, 0) is 49.8 Å². The van der Waals surface area contributed by atoms with Gasteiger partial charge in [-0.3, -0.25) is 9.59 Å². The first kappa shape index (κ1) is 23.9. The summed E-state index contributed by atoms with van der Waals surface area (Å²) in [5, 5.41) is 2.48. The van der Waals surface area contributed by atoms with Crippen LogP contribution >= 0.6 is 12.4 Å². The molecule has 2 aliphatic heterocycles. The van der Waals surface area contributed by atoms with Crippen molar-refractivity contribution >= 4 is 34.2 Å². The van der Waals surface area contributed by atoms with Crippen molar-refractivity contribution in [3.8, 4) is 0 Å². The Morgan fingerprint density at radius 2 is 1.81 bits per heavy atom. The number of hydrogen-bond donors (Lipinski definition) is 2. The van der Waals surface area contributed by atoms with Crippen LogP contribution in [0.4, 0.5) is 4.39 Å². The molecule has 0 spiro atoms.